The van der Waals surface area contributed by atoms with E-state index >= 15 is 0 Å². The van der Waals surface area contributed by atoms with Crippen molar-refractivity contribution in [3.8, 4) is 0 Å². The highest BCUT2D eigenvalue weighted by molar-refractivity contribution is 5.92. The third-order valence-corrected chi connectivity index (χ3v) is 4.34. The summed E-state index contributed by atoms with van der Waals surface area (Å²) in [4.78, 5) is 36.2. The lowest BCUT2D eigenvalue weighted by Crippen LogP contribution is -2.51. The smallest absolute Gasteiger partial charge is 0.321 e. The van der Waals surface area contributed by atoms with E-state index in [0.29, 0.717) is 31.9 Å². The predicted molar refractivity (Wildman–Crippen MR) is 91.9 cm³/mol. The van der Waals surface area contributed by atoms with Crippen molar-refractivity contribution < 1.29 is 9.59 Å². The van der Waals surface area contributed by atoms with E-state index in [1.807, 2.05) is 32.0 Å². The molecule has 3 amide bonds. The Morgan fingerprint density at radius 1 is 0.958 bits per heavy atom. The van der Waals surface area contributed by atoms with E-state index < -0.39 is 0 Å². The van der Waals surface area contributed by atoms with Crippen LogP contribution in [0.25, 0.3) is 11.0 Å². The summed E-state index contributed by atoms with van der Waals surface area (Å²) >= 11 is 0. The van der Waals surface area contributed by atoms with Crippen molar-refractivity contribution in [1.82, 2.24) is 19.8 Å². The summed E-state index contributed by atoms with van der Waals surface area (Å²) in [5, 5.41) is 2.90. The van der Waals surface area contributed by atoms with E-state index in [1.54, 1.807) is 16.7 Å². The topological polar surface area (TPSA) is 78.4 Å². The number of hydrogen-bond acceptors (Lipinski definition) is 4. The zero-order valence-corrected chi connectivity index (χ0v) is 14.2. The number of hydrogen-bond donors (Lipinski definition) is 1. The van der Waals surface area contributed by atoms with Crippen LogP contribution in [0.4, 0.5) is 10.5 Å². The quantitative estimate of drug-likeness (QED) is 0.868. The number of aryl methyl sites for hydroxylation is 2. The van der Waals surface area contributed by atoms with Crippen LogP contribution in [0, 0.1) is 13.8 Å². The number of amides is 3. The highest BCUT2D eigenvalue weighted by atomic mass is 16.2. The van der Waals surface area contributed by atoms with E-state index in [2.05, 4.69) is 15.3 Å². The van der Waals surface area contributed by atoms with Gasteiger partial charge >= 0.3 is 6.03 Å². The molecule has 1 aliphatic heterocycles. The van der Waals surface area contributed by atoms with E-state index in [0.717, 1.165) is 22.4 Å². The van der Waals surface area contributed by atoms with Gasteiger partial charge in [-0.15, -0.1) is 0 Å². The first-order valence-electron chi connectivity index (χ1n) is 8.00. The molecule has 0 aliphatic carbocycles. The van der Waals surface area contributed by atoms with E-state index in [4.69, 9.17) is 0 Å². The largest absolute Gasteiger partial charge is 0.339 e. The zero-order chi connectivity index (χ0) is 17.3. The molecular formula is C17H21N5O2. The maximum Gasteiger partial charge on any atom is 0.321 e. The minimum atomic E-state index is -0.158. The van der Waals surface area contributed by atoms with Gasteiger partial charge < -0.3 is 15.1 Å². The maximum atomic E-state index is 12.4. The molecular weight excluding hydrogens is 306 g/mol. The van der Waals surface area contributed by atoms with Gasteiger partial charge in [0.1, 0.15) is 0 Å². The summed E-state index contributed by atoms with van der Waals surface area (Å²) in [5.41, 5.74) is 4.05. The Morgan fingerprint density at radius 2 is 1.54 bits per heavy atom. The predicted octanol–water partition coefficient (Wildman–Crippen LogP) is 1.94. The first-order valence-corrected chi connectivity index (χ1v) is 8.00. The van der Waals surface area contributed by atoms with E-state index in [1.165, 1.54) is 0 Å². The van der Waals surface area contributed by atoms with Gasteiger partial charge in [-0.25, -0.2) is 14.8 Å². The van der Waals surface area contributed by atoms with Crippen LogP contribution in [0.1, 0.15) is 18.3 Å². The van der Waals surface area contributed by atoms with Gasteiger partial charge in [0.05, 0.1) is 22.4 Å². The first kappa shape index (κ1) is 16.2. The number of nitrogens with one attached hydrogen (secondary N) is 1. The molecule has 0 saturated carbocycles. The molecule has 1 aromatic heterocycles. The molecule has 1 aliphatic rings. The number of carbonyl (C=O) groups is 2. The Morgan fingerprint density at radius 3 is 2.17 bits per heavy atom. The average molecular weight is 327 g/mol. The summed E-state index contributed by atoms with van der Waals surface area (Å²) in [6.45, 7) is 7.62. The molecule has 1 N–H and O–H groups in total. The van der Waals surface area contributed by atoms with E-state index in [-0.39, 0.29) is 11.9 Å². The Kier molecular flexibility index (Phi) is 4.33. The fraction of sp³-hybridized carbons (Fsp3) is 0.412. The van der Waals surface area contributed by atoms with Crippen molar-refractivity contribution >= 4 is 28.7 Å². The number of carbonyl (C=O) groups excluding carboxylic acids is 2. The Labute approximate surface area is 140 Å². The second kappa shape index (κ2) is 6.43. The SMILES string of the molecule is CC(=O)N1CCN(C(=O)Nc2ccc3nc(C)c(C)nc3c2)CC1. The third kappa shape index (κ3) is 3.29. The molecule has 3 rings (SSSR count). The summed E-state index contributed by atoms with van der Waals surface area (Å²) < 4.78 is 0. The molecule has 24 heavy (non-hydrogen) atoms. The molecule has 0 unspecified atom stereocenters. The number of urea groups is 1. The number of fused-ring (bicyclic) bond motifs is 1. The Balaban J connectivity index is 1.69. The average Bonchev–Trinajstić information content (AvgIpc) is 2.56. The number of benzene rings is 1. The van der Waals surface area contributed by atoms with Gasteiger partial charge in [-0.05, 0) is 32.0 Å². The van der Waals surface area contributed by atoms with Crippen LogP contribution in [0.15, 0.2) is 18.2 Å². The molecule has 1 aromatic carbocycles. The lowest BCUT2D eigenvalue weighted by molar-refractivity contribution is -0.130. The van der Waals surface area contributed by atoms with Crippen LogP contribution in [-0.4, -0.2) is 57.9 Å². The second-order valence-electron chi connectivity index (χ2n) is 6.02. The van der Waals surface area contributed by atoms with Crippen LogP contribution in [0.2, 0.25) is 0 Å². The summed E-state index contributed by atoms with van der Waals surface area (Å²) in [6, 6.07) is 5.36. The van der Waals surface area contributed by atoms with Gasteiger partial charge in [0.25, 0.3) is 0 Å². The number of piperazine rings is 1. The van der Waals surface area contributed by atoms with Crippen molar-refractivity contribution in [2.24, 2.45) is 0 Å². The highest BCUT2D eigenvalue weighted by Crippen LogP contribution is 2.18. The molecule has 0 atom stereocenters. The standard InChI is InChI=1S/C17H21N5O2/c1-11-12(2)19-16-10-14(4-5-15(16)18-11)20-17(24)22-8-6-21(7-9-22)13(3)23/h4-5,10H,6-9H2,1-3H3,(H,20,24). The van der Waals surface area contributed by atoms with Crippen LogP contribution in [-0.2, 0) is 4.79 Å². The molecule has 2 heterocycles. The molecule has 0 radical (unpaired) electrons. The molecule has 0 bridgehead atoms. The lowest BCUT2D eigenvalue weighted by Gasteiger charge is -2.34. The lowest BCUT2D eigenvalue weighted by atomic mass is 10.2. The van der Waals surface area contributed by atoms with Gasteiger partial charge in [-0.3, -0.25) is 4.79 Å². The molecule has 7 nitrogen and oxygen atoms in total. The first-order chi connectivity index (χ1) is 11.4. The fourth-order valence-corrected chi connectivity index (χ4v) is 2.74. The van der Waals surface area contributed by atoms with Crippen LogP contribution in [0.5, 0.6) is 0 Å². The van der Waals surface area contributed by atoms with Crippen molar-refractivity contribution in [3.63, 3.8) is 0 Å². The number of aromatic nitrogens is 2. The number of rotatable bonds is 1. The zero-order valence-electron chi connectivity index (χ0n) is 14.2. The minimum absolute atomic E-state index is 0.0498. The normalized spacial score (nSPS) is 14.8. The van der Waals surface area contributed by atoms with Gasteiger partial charge in [-0.2, -0.15) is 0 Å². The Bertz CT molecular complexity index is 797. The summed E-state index contributed by atoms with van der Waals surface area (Å²) in [5.74, 6) is 0.0498. The minimum Gasteiger partial charge on any atom is -0.339 e. The number of anilines is 1. The highest BCUT2D eigenvalue weighted by Gasteiger charge is 2.22. The van der Waals surface area contributed by atoms with Crippen LogP contribution >= 0.6 is 0 Å². The Hall–Kier alpha value is -2.70. The molecule has 0 spiro atoms. The van der Waals surface area contributed by atoms with Crippen molar-refractivity contribution in [1.29, 1.82) is 0 Å². The van der Waals surface area contributed by atoms with Gasteiger partial charge in [0.2, 0.25) is 5.91 Å². The van der Waals surface area contributed by atoms with Gasteiger partial charge in [-0.1, -0.05) is 0 Å². The molecule has 7 heteroatoms. The summed E-state index contributed by atoms with van der Waals surface area (Å²) in [7, 11) is 0. The molecule has 126 valence electrons. The van der Waals surface area contributed by atoms with Gasteiger partial charge in [0.15, 0.2) is 0 Å². The maximum absolute atomic E-state index is 12.4. The summed E-state index contributed by atoms with van der Waals surface area (Å²) in [6.07, 6.45) is 0. The van der Waals surface area contributed by atoms with Crippen LogP contribution < -0.4 is 5.32 Å². The monoisotopic (exact) mass is 327 g/mol. The molecule has 1 saturated heterocycles. The molecule has 2 aromatic rings. The van der Waals surface area contributed by atoms with Crippen molar-refractivity contribution in [3.05, 3.63) is 29.6 Å². The second-order valence-corrected chi connectivity index (χ2v) is 6.02. The van der Waals surface area contributed by atoms with E-state index in [9.17, 15) is 9.59 Å². The van der Waals surface area contributed by atoms with Crippen molar-refractivity contribution in [2.75, 3.05) is 31.5 Å². The number of nitrogens with zero attached hydrogens (tertiary/aromatic N) is 4. The fourth-order valence-electron chi connectivity index (χ4n) is 2.74. The van der Waals surface area contributed by atoms with Crippen LogP contribution in [0.3, 0.4) is 0 Å². The van der Waals surface area contributed by atoms with Gasteiger partial charge in [0, 0.05) is 38.8 Å². The van der Waals surface area contributed by atoms with Crippen molar-refractivity contribution in [2.45, 2.75) is 20.8 Å². The third-order valence-electron chi connectivity index (χ3n) is 4.34. The molecule has 1 fully saturated rings.